The number of aromatic carboxylic acids is 1. The number of carboxylic acids is 1. The second-order valence-corrected chi connectivity index (χ2v) is 6.06. The van der Waals surface area contributed by atoms with Gasteiger partial charge in [-0.2, -0.15) is 0 Å². The molecule has 1 unspecified atom stereocenters. The normalized spacial score (nSPS) is 17.9. The van der Waals surface area contributed by atoms with Gasteiger partial charge in [0, 0.05) is 28.5 Å². The van der Waals surface area contributed by atoms with Gasteiger partial charge in [0.1, 0.15) is 17.3 Å². The zero-order valence-electron chi connectivity index (χ0n) is 13.5. The summed E-state index contributed by atoms with van der Waals surface area (Å²) in [6.45, 7) is 0. The minimum atomic E-state index is -1.10. The number of carboxylic acid groups (broad SMARTS) is 1. The molecule has 0 saturated carbocycles. The summed E-state index contributed by atoms with van der Waals surface area (Å²) in [5, 5.41) is 29.3. The van der Waals surface area contributed by atoms with Gasteiger partial charge in [0.05, 0.1) is 11.7 Å². The fourth-order valence-electron chi connectivity index (χ4n) is 3.19. The van der Waals surface area contributed by atoms with Gasteiger partial charge in [0.15, 0.2) is 0 Å². The lowest BCUT2D eigenvalue weighted by atomic mass is 9.85. The number of nitrogens with two attached hydrogens (primary N) is 1. The highest BCUT2D eigenvalue weighted by Gasteiger charge is 2.29. The lowest BCUT2D eigenvalue weighted by molar-refractivity contribution is 0.0696. The van der Waals surface area contributed by atoms with Gasteiger partial charge < -0.3 is 25.8 Å². The molecule has 4 rings (SSSR count). The smallest absolute Gasteiger partial charge is 0.336 e. The van der Waals surface area contributed by atoms with Crippen molar-refractivity contribution in [2.45, 2.75) is 6.10 Å². The van der Waals surface area contributed by atoms with E-state index in [1.54, 1.807) is 30.4 Å². The van der Waals surface area contributed by atoms with Gasteiger partial charge in [-0.05, 0) is 35.9 Å². The number of rotatable bonds is 2. The summed E-state index contributed by atoms with van der Waals surface area (Å²) in [5.74, 6) is -0.292. The van der Waals surface area contributed by atoms with Crippen LogP contribution >= 0.6 is 0 Å². The number of aliphatic hydroxyl groups excluding tert-OH is 1. The molecule has 6 nitrogen and oxygen atoms in total. The van der Waals surface area contributed by atoms with Crippen molar-refractivity contribution in [3.8, 4) is 11.5 Å². The van der Waals surface area contributed by atoms with E-state index in [0.29, 0.717) is 39.5 Å². The van der Waals surface area contributed by atoms with Gasteiger partial charge in [0.25, 0.3) is 0 Å². The monoisotopic (exact) mass is 349 g/mol. The lowest BCUT2D eigenvalue weighted by Gasteiger charge is -2.28. The third-order valence-electron chi connectivity index (χ3n) is 4.31. The quantitative estimate of drug-likeness (QED) is 0.620. The molecule has 26 heavy (non-hydrogen) atoms. The molecule has 2 aromatic rings. The Balaban J connectivity index is 2.06. The molecule has 0 bridgehead atoms. The van der Waals surface area contributed by atoms with E-state index in [4.69, 9.17) is 10.5 Å². The molecule has 1 aliphatic carbocycles. The van der Waals surface area contributed by atoms with Gasteiger partial charge in [-0.25, -0.2) is 4.79 Å². The number of allylic oxidation sites excluding steroid dienone is 1. The van der Waals surface area contributed by atoms with E-state index in [9.17, 15) is 20.1 Å². The summed E-state index contributed by atoms with van der Waals surface area (Å²) in [6, 6.07) is 9.33. The largest absolute Gasteiger partial charge is 0.508 e. The molecule has 0 saturated heterocycles. The van der Waals surface area contributed by atoms with Crippen molar-refractivity contribution in [2.24, 2.45) is 0 Å². The van der Waals surface area contributed by atoms with E-state index >= 15 is 0 Å². The van der Waals surface area contributed by atoms with Crippen LogP contribution in [-0.4, -0.2) is 27.4 Å². The minimum absolute atomic E-state index is 0.0230. The molecular weight excluding hydrogens is 334 g/mol. The van der Waals surface area contributed by atoms with Crippen LogP contribution in [0.4, 0.5) is 5.69 Å². The Morgan fingerprint density at radius 2 is 1.88 bits per heavy atom. The van der Waals surface area contributed by atoms with Crippen LogP contribution in [0.15, 0.2) is 66.0 Å². The fourth-order valence-corrected chi connectivity index (χ4v) is 3.19. The number of benzene rings is 2. The Morgan fingerprint density at radius 3 is 2.65 bits per heavy atom. The molecule has 0 radical (unpaired) electrons. The van der Waals surface area contributed by atoms with Crippen LogP contribution in [0.5, 0.6) is 11.5 Å². The first-order chi connectivity index (χ1) is 12.4. The number of aliphatic hydroxyl groups is 1. The number of hydrogen-bond donors (Lipinski definition) is 4. The van der Waals surface area contributed by atoms with Crippen molar-refractivity contribution in [3.05, 3.63) is 82.6 Å². The van der Waals surface area contributed by atoms with E-state index in [0.717, 1.165) is 0 Å². The van der Waals surface area contributed by atoms with Crippen LogP contribution in [0.1, 0.15) is 21.5 Å². The van der Waals surface area contributed by atoms with Gasteiger partial charge in [0.2, 0.25) is 0 Å². The van der Waals surface area contributed by atoms with Crippen molar-refractivity contribution in [3.63, 3.8) is 0 Å². The molecule has 1 heterocycles. The number of carbonyl (C=O) groups is 1. The van der Waals surface area contributed by atoms with Crippen molar-refractivity contribution in [1.82, 2.24) is 0 Å². The Morgan fingerprint density at radius 1 is 1.12 bits per heavy atom. The Hall–Kier alpha value is -3.51. The average Bonchev–Trinajstić information content (AvgIpc) is 2.59. The summed E-state index contributed by atoms with van der Waals surface area (Å²) in [6.07, 6.45) is 4.01. The number of phenols is 1. The number of hydrogen-bond acceptors (Lipinski definition) is 5. The van der Waals surface area contributed by atoms with Gasteiger partial charge in [-0.15, -0.1) is 0 Å². The van der Waals surface area contributed by atoms with Crippen molar-refractivity contribution in [1.29, 1.82) is 0 Å². The van der Waals surface area contributed by atoms with E-state index in [-0.39, 0.29) is 11.3 Å². The highest BCUT2D eigenvalue weighted by molar-refractivity contribution is 6.01. The Labute approximate surface area is 148 Å². The third-order valence-corrected chi connectivity index (χ3v) is 4.31. The Bertz CT molecular complexity index is 1030. The topological polar surface area (TPSA) is 113 Å². The summed E-state index contributed by atoms with van der Waals surface area (Å²) in [7, 11) is 0. The zero-order chi connectivity index (χ0) is 18.4. The summed E-state index contributed by atoms with van der Waals surface area (Å²) in [4.78, 5) is 11.8. The minimum Gasteiger partial charge on any atom is -0.508 e. The summed E-state index contributed by atoms with van der Waals surface area (Å²) in [5.41, 5.74) is 8.58. The van der Waals surface area contributed by atoms with Crippen LogP contribution < -0.4 is 10.5 Å². The van der Waals surface area contributed by atoms with Gasteiger partial charge in [-0.1, -0.05) is 18.2 Å². The number of nitrogen functional groups attached to an aromatic ring is 1. The summed E-state index contributed by atoms with van der Waals surface area (Å²) >= 11 is 0. The first kappa shape index (κ1) is 16.0. The molecule has 0 spiro atoms. The fraction of sp³-hybridized carbons (Fsp3) is 0.0500. The average molecular weight is 349 g/mol. The zero-order valence-corrected chi connectivity index (χ0v) is 13.5. The van der Waals surface area contributed by atoms with E-state index in [1.165, 1.54) is 24.3 Å². The highest BCUT2D eigenvalue weighted by atomic mass is 16.5. The van der Waals surface area contributed by atoms with Gasteiger partial charge in [-0.3, -0.25) is 0 Å². The maximum atomic E-state index is 11.8. The van der Waals surface area contributed by atoms with E-state index in [2.05, 4.69) is 0 Å². The molecule has 0 amide bonds. The number of phenolic OH excluding ortho intramolecular Hbond substituents is 1. The second kappa shape index (κ2) is 5.79. The molecule has 0 aromatic heterocycles. The molecule has 1 aliphatic heterocycles. The van der Waals surface area contributed by atoms with Crippen molar-refractivity contribution >= 4 is 17.2 Å². The predicted octanol–water partition coefficient (Wildman–Crippen LogP) is 2.68. The number of fused-ring (bicyclic) bond motifs is 2. The Kier molecular flexibility index (Phi) is 3.56. The second-order valence-electron chi connectivity index (χ2n) is 6.06. The first-order valence-corrected chi connectivity index (χ1v) is 7.91. The molecule has 0 fully saturated rings. The third kappa shape index (κ3) is 2.53. The maximum Gasteiger partial charge on any atom is 0.336 e. The maximum absolute atomic E-state index is 11.8. The molecule has 130 valence electrons. The van der Waals surface area contributed by atoms with Crippen molar-refractivity contribution in [2.75, 3.05) is 5.73 Å². The van der Waals surface area contributed by atoms with Crippen molar-refractivity contribution < 1.29 is 24.9 Å². The summed E-state index contributed by atoms with van der Waals surface area (Å²) < 4.78 is 5.82. The molecule has 6 heteroatoms. The molecule has 2 aliphatic rings. The number of aromatic hydroxyl groups is 1. The molecule has 5 N–H and O–H groups in total. The van der Waals surface area contributed by atoms with E-state index < -0.39 is 12.1 Å². The van der Waals surface area contributed by atoms with Crippen LogP contribution in [-0.2, 0) is 0 Å². The van der Waals surface area contributed by atoms with Crippen LogP contribution in [0, 0.1) is 0 Å². The standard InChI is InChI=1S/C20H15NO5/c21-10-1-4-13(16(7-10)20(24)25)19-14-5-2-11(22)8-17(14)26-18-9-12(23)3-6-15(18)19/h1-9,11,22-23H,21H2,(H,24,25). The van der Waals surface area contributed by atoms with Crippen LogP contribution in [0.2, 0.25) is 0 Å². The molecule has 1 atom stereocenters. The predicted molar refractivity (Wildman–Crippen MR) is 95.8 cm³/mol. The van der Waals surface area contributed by atoms with E-state index in [1.807, 2.05) is 0 Å². The van der Waals surface area contributed by atoms with Crippen LogP contribution in [0.25, 0.3) is 5.57 Å². The number of ether oxygens (including phenoxy) is 1. The van der Waals surface area contributed by atoms with Crippen LogP contribution in [0.3, 0.4) is 0 Å². The lowest BCUT2D eigenvalue weighted by Crippen LogP contribution is -2.16. The number of anilines is 1. The first-order valence-electron chi connectivity index (χ1n) is 7.91. The SMILES string of the molecule is Nc1ccc(C2=C3C=CC(O)C=C3Oc3cc(O)ccc32)c(C(=O)O)c1. The molecule has 2 aromatic carbocycles. The highest BCUT2D eigenvalue weighted by Crippen LogP contribution is 2.45. The van der Waals surface area contributed by atoms with Gasteiger partial charge >= 0.3 is 5.97 Å². The molecular formula is C20H15NO5.